The van der Waals surface area contributed by atoms with E-state index in [-0.39, 0.29) is 18.5 Å². The predicted molar refractivity (Wildman–Crippen MR) is 67.3 cm³/mol. The normalized spacial score (nSPS) is 12.7. The number of nitrogens with two attached hydrogens (primary N) is 1. The zero-order valence-corrected chi connectivity index (χ0v) is 10.2. The van der Waals surface area contributed by atoms with Gasteiger partial charge in [0.2, 0.25) is 0 Å². The zero-order chi connectivity index (χ0) is 12.7. The predicted octanol–water partition coefficient (Wildman–Crippen LogP) is 1.50. The third-order valence-corrected chi connectivity index (χ3v) is 2.81. The number of hydrogen-bond acceptors (Lipinski definition) is 3. The smallest absolute Gasteiger partial charge is 0.126 e. The van der Waals surface area contributed by atoms with Crippen LogP contribution in [0.25, 0.3) is 0 Å². The van der Waals surface area contributed by atoms with Crippen LogP contribution in [0, 0.1) is 12.7 Å². The highest BCUT2D eigenvalue weighted by Crippen LogP contribution is 2.15. The van der Waals surface area contributed by atoms with Crippen molar-refractivity contribution < 1.29 is 9.50 Å². The number of rotatable bonds is 7. The standard InChI is InChI=1S/C13H21FN2O/c1-10-4-5-11(8-12(10)14)13(9-15)16-6-2-3-7-17/h4-5,8,13,16-17H,2-3,6-7,9,15H2,1H3. The molecule has 1 unspecified atom stereocenters. The fourth-order valence-corrected chi connectivity index (χ4v) is 1.68. The van der Waals surface area contributed by atoms with Gasteiger partial charge < -0.3 is 16.2 Å². The van der Waals surface area contributed by atoms with Crippen LogP contribution < -0.4 is 11.1 Å². The van der Waals surface area contributed by atoms with Gasteiger partial charge in [0.1, 0.15) is 5.82 Å². The average Bonchev–Trinajstić information content (AvgIpc) is 2.33. The highest BCUT2D eigenvalue weighted by Gasteiger charge is 2.10. The van der Waals surface area contributed by atoms with E-state index < -0.39 is 0 Å². The maximum atomic E-state index is 13.4. The maximum absolute atomic E-state index is 13.4. The second-order valence-electron chi connectivity index (χ2n) is 4.18. The largest absolute Gasteiger partial charge is 0.396 e. The first-order valence-corrected chi connectivity index (χ1v) is 5.99. The van der Waals surface area contributed by atoms with Crippen molar-refractivity contribution >= 4 is 0 Å². The monoisotopic (exact) mass is 240 g/mol. The van der Waals surface area contributed by atoms with E-state index in [1.165, 1.54) is 6.07 Å². The molecular weight excluding hydrogens is 219 g/mol. The van der Waals surface area contributed by atoms with E-state index in [1.54, 1.807) is 13.0 Å². The molecule has 0 aliphatic heterocycles. The number of nitrogens with one attached hydrogen (secondary N) is 1. The van der Waals surface area contributed by atoms with E-state index in [9.17, 15) is 4.39 Å². The number of unbranched alkanes of at least 4 members (excludes halogenated alkanes) is 1. The van der Waals surface area contributed by atoms with E-state index in [4.69, 9.17) is 10.8 Å². The van der Waals surface area contributed by atoms with Crippen molar-refractivity contribution in [3.8, 4) is 0 Å². The summed E-state index contributed by atoms with van der Waals surface area (Å²) in [6.45, 7) is 3.15. The van der Waals surface area contributed by atoms with Gasteiger partial charge in [-0.3, -0.25) is 0 Å². The fraction of sp³-hybridized carbons (Fsp3) is 0.538. The molecule has 0 spiro atoms. The molecule has 1 aromatic carbocycles. The molecule has 0 aliphatic carbocycles. The van der Waals surface area contributed by atoms with Crippen LogP contribution in [0.2, 0.25) is 0 Å². The second kappa shape index (κ2) is 7.37. The van der Waals surface area contributed by atoms with Gasteiger partial charge in [-0.1, -0.05) is 12.1 Å². The Kier molecular flexibility index (Phi) is 6.11. The SMILES string of the molecule is Cc1ccc(C(CN)NCCCCO)cc1F. The van der Waals surface area contributed by atoms with Crippen molar-refractivity contribution in [1.29, 1.82) is 0 Å². The highest BCUT2D eigenvalue weighted by molar-refractivity contribution is 5.26. The Hall–Kier alpha value is -0.970. The fourth-order valence-electron chi connectivity index (χ4n) is 1.68. The summed E-state index contributed by atoms with van der Waals surface area (Å²) in [7, 11) is 0. The molecule has 0 radical (unpaired) electrons. The number of aliphatic hydroxyl groups is 1. The number of aliphatic hydroxyl groups excluding tert-OH is 1. The Balaban J connectivity index is 2.56. The van der Waals surface area contributed by atoms with E-state index in [1.807, 2.05) is 6.07 Å². The summed E-state index contributed by atoms with van der Waals surface area (Å²) >= 11 is 0. The number of benzene rings is 1. The summed E-state index contributed by atoms with van der Waals surface area (Å²) in [5, 5.41) is 11.9. The van der Waals surface area contributed by atoms with Crippen LogP contribution in [0.1, 0.15) is 30.0 Å². The summed E-state index contributed by atoms with van der Waals surface area (Å²) in [4.78, 5) is 0. The van der Waals surface area contributed by atoms with Gasteiger partial charge in [0.15, 0.2) is 0 Å². The van der Waals surface area contributed by atoms with Gasteiger partial charge in [-0.05, 0) is 43.5 Å². The van der Waals surface area contributed by atoms with Crippen LogP contribution in [-0.4, -0.2) is 24.8 Å². The lowest BCUT2D eigenvalue weighted by Crippen LogP contribution is -2.29. The van der Waals surface area contributed by atoms with Gasteiger partial charge in [-0.2, -0.15) is 0 Å². The van der Waals surface area contributed by atoms with Crippen LogP contribution in [0.3, 0.4) is 0 Å². The van der Waals surface area contributed by atoms with Crippen molar-refractivity contribution in [2.75, 3.05) is 19.7 Å². The molecule has 4 N–H and O–H groups in total. The van der Waals surface area contributed by atoms with Crippen molar-refractivity contribution in [2.45, 2.75) is 25.8 Å². The number of aryl methyl sites for hydroxylation is 1. The lowest BCUT2D eigenvalue weighted by molar-refractivity contribution is 0.282. The molecule has 4 heteroatoms. The van der Waals surface area contributed by atoms with Gasteiger partial charge in [0, 0.05) is 19.2 Å². The van der Waals surface area contributed by atoms with Crippen molar-refractivity contribution in [2.24, 2.45) is 5.73 Å². The summed E-state index contributed by atoms with van der Waals surface area (Å²) in [5.41, 5.74) is 7.19. The Bertz CT molecular complexity index is 344. The minimum absolute atomic E-state index is 0.0243. The third kappa shape index (κ3) is 4.42. The Morgan fingerprint density at radius 2 is 2.18 bits per heavy atom. The van der Waals surface area contributed by atoms with Crippen molar-refractivity contribution in [1.82, 2.24) is 5.32 Å². The van der Waals surface area contributed by atoms with Gasteiger partial charge in [0.25, 0.3) is 0 Å². The number of hydrogen-bond donors (Lipinski definition) is 3. The molecule has 0 aliphatic rings. The van der Waals surface area contributed by atoms with Gasteiger partial charge >= 0.3 is 0 Å². The first-order chi connectivity index (χ1) is 8.19. The third-order valence-electron chi connectivity index (χ3n) is 2.81. The lowest BCUT2D eigenvalue weighted by Gasteiger charge is -2.17. The molecule has 0 heterocycles. The Morgan fingerprint density at radius 1 is 1.41 bits per heavy atom. The van der Waals surface area contributed by atoms with E-state index >= 15 is 0 Å². The minimum atomic E-state index is -0.196. The molecule has 1 aromatic rings. The van der Waals surface area contributed by atoms with E-state index in [0.717, 1.165) is 24.9 Å². The summed E-state index contributed by atoms with van der Waals surface area (Å²) < 4.78 is 13.4. The quantitative estimate of drug-likeness (QED) is 0.633. The molecular formula is C13H21FN2O. The molecule has 0 bridgehead atoms. The van der Waals surface area contributed by atoms with Gasteiger partial charge in [-0.15, -0.1) is 0 Å². The van der Waals surface area contributed by atoms with Gasteiger partial charge in [0.05, 0.1) is 0 Å². The second-order valence-corrected chi connectivity index (χ2v) is 4.18. The summed E-state index contributed by atoms with van der Waals surface area (Å²) in [6.07, 6.45) is 1.66. The zero-order valence-electron chi connectivity index (χ0n) is 10.2. The molecule has 3 nitrogen and oxygen atoms in total. The summed E-state index contributed by atoms with van der Waals surface area (Å²) in [6, 6.07) is 5.17. The Morgan fingerprint density at radius 3 is 2.76 bits per heavy atom. The van der Waals surface area contributed by atoms with E-state index in [0.29, 0.717) is 12.1 Å². The molecule has 0 amide bonds. The number of halogens is 1. The molecule has 17 heavy (non-hydrogen) atoms. The molecule has 1 atom stereocenters. The lowest BCUT2D eigenvalue weighted by atomic mass is 10.0. The minimum Gasteiger partial charge on any atom is -0.396 e. The highest BCUT2D eigenvalue weighted by atomic mass is 19.1. The average molecular weight is 240 g/mol. The van der Waals surface area contributed by atoms with Crippen LogP contribution in [0.4, 0.5) is 4.39 Å². The molecule has 1 rings (SSSR count). The maximum Gasteiger partial charge on any atom is 0.126 e. The van der Waals surface area contributed by atoms with E-state index in [2.05, 4.69) is 5.32 Å². The van der Waals surface area contributed by atoms with Crippen molar-refractivity contribution in [3.05, 3.63) is 35.1 Å². The van der Waals surface area contributed by atoms with Crippen molar-refractivity contribution in [3.63, 3.8) is 0 Å². The first-order valence-electron chi connectivity index (χ1n) is 5.99. The molecule has 0 saturated heterocycles. The molecule has 0 saturated carbocycles. The summed E-state index contributed by atoms with van der Waals surface area (Å²) in [5.74, 6) is -0.196. The van der Waals surface area contributed by atoms with Crippen LogP contribution in [0.15, 0.2) is 18.2 Å². The molecule has 0 aromatic heterocycles. The topological polar surface area (TPSA) is 58.3 Å². The van der Waals surface area contributed by atoms with Crippen LogP contribution >= 0.6 is 0 Å². The molecule has 96 valence electrons. The molecule has 0 fully saturated rings. The van der Waals surface area contributed by atoms with Gasteiger partial charge in [-0.25, -0.2) is 4.39 Å². The van der Waals surface area contributed by atoms with Crippen LogP contribution in [-0.2, 0) is 0 Å². The van der Waals surface area contributed by atoms with Crippen LogP contribution in [0.5, 0.6) is 0 Å². The Labute approximate surface area is 102 Å². The first kappa shape index (κ1) is 14.1.